The summed E-state index contributed by atoms with van der Waals surface area (Å²) in [4.78, 5) is 25.6. The monoisotopic (exact) mass is 252 g/mol. The van der Waals surface area contributed by atoms with Crippen LogP contribution < -0.4 is 22.3 Å². The number of nitrogen functional groups attached to an aromatic ring is 1. The van der Waals surface area contributed by atoms with Gasteiger partial charge >= 0.3 is 5.69 Å². The maximum Gasteiger partial charge on any atom is 0.330 e. The molecule has 0 radical (unpaired) electrons. The lowest BCUT2D eigenvalue weighted by molar-refractivity contribution is 0.508. The lowest BCUT2D eigenvalue weighted by Crippen LogP contribution is -2.36. The second kappa shape index (κ2) is 5.57. The van der Waals surface area contributed by atoms with Crippen LogP contribution in [0.5, 0.6) is 0 Å². The van der Waals surface area contributed by atoms with Crippen LogP contribution in [-0.4, -0.2) is 15.6 Å². The van der Waals surface area contributed by atoms with Crippen LogP contribution in [0.3, 0.4) is 0 Å². The molecule has 1 aromatic rings. The Morgan fingerprint density at radius 2 is 2.06 bits per heavy atom. The van der Waals surface area contributed by atoms with E-state index >= 15 is 0 Å². The van der Waals surface area contributed by atoms with Gasteiger partial charge in [0.25, 0.3) is 5.56 Å². The van der Waals surface area contributed by atoms with Gasteiger partial charge in [-0.25, -0.2) is 4.79 Å². The summed E-state index contributed by atoms with van der Waals surface area (Å²) >= 11 is 0. The van der Waals surface area contributed by atoms with Crippen molar-refractivity contribution < 1.29 is 0 Å². The molecule has 1 atom stereocenters. The van der Waals surface area contributed by atoms with E-state index in [1.807, 2.05) is 20.8 Å². The quantitative estimate of drug-likeness (QED) is 0.674. The molecule has 1 aromatic heterocycles. The minimum Gasteiger partial charge on any atom is -0.383 e. The molecule has 1 heterocycles. The van der Waals surface area contributed by atoms with Gasteiger partial charge in [-0.05, 0) is 12.8 Å². The molecule has 4 N–H and O–H groups in total. The van der Waals surface area contributed by atoms with Gasteiger partial charge < -0.3 is 11.1 Å². The largest absolute Gasteiger partial charge is 0.383 e. The number of H-pyrrole nitrogens is 1. The Hall–Kier alpha value is -1.98. The lowest BCUT2D eigenvalue weighted by Gasteiger charge is -2.17. The Labute approximate surface area is 106 Å². The van der Waals surface area contributed by atoms with E-state index in [-0.39, 0.29) is 23.5 Å². The summed E-state index contributed by atoms with van der Waals surface area (Å²) in [6.07, 6.45) is 1.65. The Morgan fingerprint density at radius 1 is 1.44 bits per heavy atom. The maximum absolute atomic E-state index is 11.7. The third-order valence-electron chi connectivity index (χ3n) is 2.51. The number of hydrogen-bond donors (Lipinski definition) is 3. The molecule has 0 bridgehead atoms. The Bertz CT molecular complexity index is 542. The molecule has 0 amide bonds. The second-order valence-electron chi connectivity index (χ2n) is 4.69. The van der Waals surface area contributed by atoms with Crippen molar-refractivity contribution in [1.82, 2.24) is 9.55 Å². The molecular weight excluding hydrogens is 232 g/mol. The fourth-order valence-corrected chi connectivity index (χ4v) is 1.56. The molecule has 18 heavy (non-hydrogen) atoms. The minimum absolute atomic E-state index is 0.113. The van der Waals surface area contributed by atoms with E-state index in [0.29, 0.717) is 6.54 Å². The van der Waals surface area contributed by atoms with Crippen molar-refractivity contribution in [2.45, 2.75) is 33.4 Å². The van der Waals surface area contributed by atoms with Gasteiger partial charge in [0.1, 0.15) is 11.5 Å². The average molecular weight is 252 g/mol. The third-order valence-corrected chi connectivity index (χ3v) is 2.51. The highest BCUT2D eigenvalue weighted by Gasteiger charge is 2.13. The van der Waals surface area contributed by atoms with E-state index in [0.717, 1.165) is 0 Å². The molecule has 0 aliphatic heterocycles. The van der Waals surface area contributed by atoms with Gasteiger partial charge in [0.2, 0.25) is 0 Å². The van der Waals surface area contributed by atoms with Crippen molar-refractivity contribution >= 4 is 11.5 Å². The smallest absolute Gasteiger partial charge is 0.330 e. The first-order valence-electron chi connectivity index (χ1n) is 5.88. The van der Waals surface area contributed by atoms with Gasteiger partial charge in [0, 0.05) is 12.6 Å². The molecule has 0 fully saturated rings. The fourth-order valence-electron chi connectivity index (χ4n) is 1.56. The molecule has 6 heteroatoms. The second-order valence-corrected chi connectivity index (χ2v) is 4.69. The molecule has 0 aromatic carbocycles. The standard InChI is InChI=1S/C12H20N4O2/c1-5-8(4)14-9-10(13)16(6-7(2)3)12(18)15-11(9)17/h5,7-8,14H,1,6,13H2,2-4H3,(H,15,17,18). The van der Waals surface area contributed by atoms with E-state index in [2.05, 4.69) is 16.9 Å². The van der Waals surface area contributed by atoms with E-state index in [1.165, 1.54) is 4.57 Å². The van der Waals surface area contributed by atoms with Crippen molar-refractivity contribution in [2.75, 3.05) is 11.1 Å². The topological polar surface area (TPSA) is 92.9 Å². The summed E-state index contributed by atoms with van der Waals surface area (Å²) in [5.41, 5.74) is 5.10. The zero-order chi connectivity index (χ0) is 13.9. The zero-order valence-corrected chi connectivity index (χ0v) is 11.0. The normalized spacial score (nSPS) is 12.4. The number of nitrogens with zero attached hydrogens (tertiary/aromatic N) is 1. The number of anilines is 2. The average Bonchev–Trinajstić information content (AvgIpc) is 2.29. The highest BCUT2D eigenvalue weighted by atomic mass is 16.2. The SMILES string of the molecule is C=CC(C)Nc1c(N)n(CC(C)C)c(=O)[nH]c1=O. The van der Waals surface area contributed by atoms with Gasteiger partial charge in [-0.3, -0.25) is 14.3 Å². The molecular formula is C12H20N4O2. The van der Waals surface area contributed by atoms with Crippen LogP contribution in [0.4, 0.5) is 11.5 Å². The van der Waals surface area contributed by atoms with Crippen molar-refractivity contribution in [3.8, 4) is 0 Å². The molecule has 0 aliphatic rings. The predicted octanol–water partition coefficient (Wildman–Crippen LogP) is 0.761. The van der Waals surface area contributed by atoms with Crippen LogP contribution in [0.1, 0.15) is 20.8 Å². The summed E-state index contributed by atoms with van der Waals surface area (Å²) in [7, 11) is 0. The van der Waals surface area contributed by atoms with Gasteiger partial charge in [0.15, 0.2) is 0 Å². The minimum atomic E-state index is -0.508. The fraction of sp³-hybridized carbons (Fsp3) is 0.500. The predicted molar refractivity (Wildman–Crippen MR) is 73.9 cm³/mol. The van der Waals surface area contributed by atoms with Gasteiger partial charge in [-0.2, -0.15) is 0 Å². The molecule has 0 saturated carbocycles. The first-order valence-corrected chi connectivity index (χ1v) is 5.88. The van der Waals surface area contributed by atoms with Crippen LogP contribution in [-0.2, 0) is 6.54 Å². The van der Waals surface area contributed by atoms with Crippen molar-refractivity contribution in [1.29, 1.82) is 0 Å². The van der Waals surface area contributed by atoms with Crippen LogP contribution >= 0.6 is 0 Å². The summed E-state index contributed by atoms with van der Waals surface area (Å²) in [5.74, 6) is 0.409. The zero-order valence-electron chi connectivity index (χ0n) is 11.0. The molecule has 100 valence electrons. The maximum atomic E-state index is 11.7. The van der Waals surface area contributed by atoms with E-state index in [1.54, 1.807) is 6.08 Å². The number of hydrogen-bond acceptors (Lipinski definition) is 4. The van der Waals surface area contributed by atoms with Crippen LogP contribution in [0.15, 0.2) is 22.2 Å². The summed E-state index contributed by atoms with van der Waals surface area (Å²) < 4.78 is 1.37. The van der Waals surface area contributed by atoms with Crippen LogP contribution in [0, 0.1) is 5.92 Å². The molecule has 1 unspecified atom stereocenters. The Kier molecular flexibility index (Phi) is 4.36. The Balaban J connectivity index is 3.30. The summed E-state index contributed by atoms with van der Waals surface area (Å²) in [6.45, 7) is 9.85. The highest BCUT2D eigenvalue weighted by Crippen LogP contribution is 2.13. The number of aromatic amines is 1. The third kappa shape index (κ3) is 3.03. The summed E-state index contributed by atoms with van der Waals surface area (Å²) in [6, 6.07) is -0.113. The van der Waals surface area contributed by atoms with Crippen molar-refractivity contribution in [3.05, 3.63) is 33.5 Å². The number of nitrogens with two attached hydrogens (primary N) is 1. The van der Waals surface area contributed by atoms with Crippen LogP contribution in [0.25, 0.3) is 0 Å². The molecule has 6 nitrogen and oxygen atoms in total. The van der Waals surface area contributed by atoms with E-state index in [4.69, 9.17) is 5.73 Å². The van der Waals surface area contributed by atoms with Gasteiger partial charge in [0.05, 0.1) is 0 Å². The first-order chi connectivity index (χ1) is 8.36. The lowest BCUT2D eigenvalue weighted by atomic mass is 10.2. The van der Waals surface area contributed by atoms with E-state index in [9.17, 15) is 9.59 Å². The highest BCUT2D eigenvalue weighted by molar-refractivity contribution is 5.61. The van der Waals surface area contributed by atoms with Crippen molar-refractivity contribution in [2.24, 2.45) is 5.92 Å². The molecule has 0 spiro atoms. The molecule has 1 rings (SSSR count). The number of aromatic nitrogens is 2. The number of rotatable bonds is 5. The van der Waals surface area contributed by atoms with Crippen LogP contribution in [0.2, 0.25) is 0 Å². The molecule has 0 saturated heterocycles. The Morgan fingerprint density at radius 3 is 2.56 bits per heavy atom. The van der Waals surface area contributed by atoms with Crippen molar-refractivity contribution in [3.63, 3.8) is 0 Å². The van der Waals surface area contributed by atoms with Gasteiger partial charge in [-0.1, -0.05) is 19.9 Å². The molecule has 0 aliphatic carbocycles. The first kappa shape index (κ1) is 14.1. The van der Waals surface area contributed by atoms with Gasteiger partial charge in [-0.15, -0.1) is 6.58 Å². The number of nitrogens with one attached hydrogen (secondary N) is 2. The summed E-state index contributed by atoms with van der Waals surface area (Å²) in [5, 5.41) is 2.92. The van der Waals surface area contributed by atoms with E-state index < -0.39 is 11.2 Å².